The molecule has 4 amide bonds. The molecule has 0 spiro atoms. The quantitative estimate of drug-likeness (QED) is 0.336. The van der Waals surface area contributed by atoms with E-state index < -0.39 is 48.0 Å². The van der Waals surface area contributed by atoms with Crippen molar-refractivity contribution < 1.29 is 29.0 Å². The first kappa shape index (κ1) is 30.6. The van der Waals surface area contributed by atoms with Crippen LogP contribution in [-0.4, -0.2) is 52.0 Å². The summed E-state index contributed by atoms with van der Waals surface area (Å²) < 4.78 is 5.26. The molecule has 0 saturated carbocycles. The van der Waals surface area contributed by atoms with Crippen molar-refractivity contribution in [1.29, 1.82) is 5.26 Å². The summed E-state index contributed by atoms with van der Waals surface area (Å²) in [7, 11) is 0. The number of phenols is 1. The van der Waals surface area contributed by atoms with Gasteiger partial charge in [-0.15, -0.1) is 0 Å². The second-order valence-corrected chi connectivity index (χ2v) is 10.0. The fourth-order valence-electron chi connectivity index (χ4n) is 3.83. The Balaban J connectivity index is 2.58. The zero-order valence-electron chi connectivity index (χ0n) is 22.8. The van der Waals surface area contributed by atoms with Gasteiger partial charge in [0.25, 0.3) is 5.91 Å². The number of nitrogens with two attached hydrogens (primary N) is 1. The number of anilines is 1. The molecule has 208 valence electrons. The second kappa shape index (κ2) is 13.3. The Morgan fingerprint density at radius 3 is 2.31 bits per heavy atom. The standard InChI is InChI=1S/C28H35N5O6/c1-17-9-6-7-12-20(17)31-25(36)23(19-11-8-10-18(2)24(19)35)33(16-15-29)26(37)21(13-14-22(30)34)32-27(38)39-28(3,4)5/h6-12,21,23,35H,13-14,16H2,1-5H3,(H2,30,34)(H,31,36)(H,32,38). The zero-order chi connectivity index (χ0) is 29.3. The summed E-state index contributed by atoms with van der Waals surface area (Å²) in [5, 5.41) is 25.7. The number of alkyl carbamates (subject to hydrolysis) is 1. The molecule has 0 bridgehead atoms. The third-order valence-electron chi connectivity index (χ3n) is 5.72. The highest BCUT2D eigenvalue weighted by Crippen LogP contribution is 2.33. The van der Waals surface area contributed by atoms with Crippen LogP contribution in [0.1, 0.15) is 56.3 Å². The summed E-state index contributed by atoms with van der Waals surface area (Å²) in [4.78, 5) is 52.6. The lowest BCUT2D eigenvalue weighted by atomic mass is 9.98. The van der Waals surface area contributed by atoms with Crippen molar-refractivity contribution in [2.24, 2.45) is 5.73 Å². The number of nitriles is 1. The van der Waals surface area contributed by atoms with Crippen LogP contribution >= 0.6 is 0 Å². The number of hydrogen-bond donors (Lipinski definition) is 4. The molecule has 0 radical (unpaired) electrons. The highest BCUT2D eigenvalue weighted by Gasteiger charge is 2.38. The number of nitrogens with one attached hydrogen (secondary N) is 2. The van der Waals surface area contributed by atoms with E-state index in [4.69, 9.17) is 10.5 Å². The lowest BCUT2D eigenvalue weighted by Crippen LogP contribution is -2.52. The summed E-state index contributed by atoms with van der Waals surface area (Å²) in [6.45, 7) is 7.77. The smallest absolute Gasteiger partial charge is 0.408 e. The number of aryl methyl sites for hydroxylation is 2. The lowest BCUT2D eigenvalue weighted by molar-refractivity contribution is -0.140. The van der Waals surface area contributed by atoms with Gasteiger partial charge in [-0.25, -0.2) is 4.79 Å². The number of carbonyl (C=O) groups excluding carboxylic acids is 4. The van der Waals surface area contributed by atoms with Crippen LogP contribution in [0.4, 0.5) is 10.5 Å². The van der Waals surface area contributed by atoms with E-state index in [0.29, 0.717) is 11.3 Å². The molecule has 2 rings (SSSR count). The summed E-state index contributed by atoms with van der Waals surface area (Å²) in [6, 6.07) is 10.8. The zero-order valence-corrected chi connectivity index (χ0v) is 22.8. The predicted molar refractivity (Wildman–Crippen MR) is 144 cm³/mol. The average Bonchev–Trinajstić information content (AvgIpc) is 2.83. The van der Waals surface area contributed by atoms with Gasteiger partial charge >= 0.3 is 6.09 Å². The van der Waals surface area contributed by atoms with E-state index in [-0.39, 0.29) is 24.2 Å². The van der Waals surface area contributed by atoms with Crippen LogP contribution in [0, 0.1) is 25.2 Å². The second-order valence-electron chi connectivity index (χ2n) is 10.0. The van der Waals surface area contributed by atoms with Gasteiger partial charge in [-0.2, -0.15) is 5.26 Å². The van der Waals surface area contributed by atoms with Crippen molar-refractivity contribution in [1.82, 2.24) is 10.2 Å². The maximum atomic E-state index is 13.9. The molecule has 0 aliphatic carbocycles. The van der Waals surface area contributed by atoms with Gasteiger partial charge in [-0.05, 0) is 58.2 Å². The number of aromatic hydroxyl groups is 1. The van der Waals surface area contributed by atoms with Gasteiger partial charge in [0.1, 0.15) is 30.0 Å². The third-order valence-corrected chi connectivity index (χ3v) is 5.72. The first-order chi connectivity index (χ1) is 18.2. The van der Waals surface area contributed by atoms with E-state index in [9.17, 15) is 29.5 Å². The van der Waals surface area contributed by atoms with Crippen molar-refractivity contribution in [3.05, 3.63) is 59.2 Å². The van der Waals surface area contributed by atoms with Crippen molar-refractivity contribution in [2.75, 3.05) is 11.9 Å². The highest BCUT2D eigenvalue weighted by atomic mass is 16.6. The number of phenolic OH excluding ortho intramolecular Hbond substituents is 1. The fourth-order valence-corrected chi connectivity index (χ4v) is 3.83. The topological polar surface area (TPSA) is 175 Å². The molecule has 0 heterocycles. The van der Waals surface area contributed by atoms with Crippen molar-refractivity contribution in [3.63, 3.8) is 0 Å². The fraction of sp³-hybridized carbons (Fsp3) is 0.393. The minimum absolute atomic E-state index is 0.0793. The number of ether oxygens (including phenoxy) is 1. The van der Waals surface area contributed by atoms with Crippen molar-refractivity contribution in [3.8, 4) is 11.8 Å². The van der Waals surface area contributed by atoms with E-state index in [0.717, 1.165) is 10.5 Å². The molecule has 0 fully saturated rings. The Labute approximate surface area is 227 Å². The molecule has 2 aromatic rings. The van der Waals surface area contributed by atoms with Crippen LogP contribution in [0.3, 0.4) is 0 Å². The monoisotopic (exact) mass is 537 g/mol. The van der Waals surface area contributed by atoms with Gasteiger partial charge in [0, 0.05) is 17.7 Å². The normalized spacial score (nSPS) is 12.4. The number of amides is 4. The molecule has 0 aliphatic rings. The summed E-state index contributed by atoms with van der Waals surface area (Å²) in [6.07, 6.45) is -1.40. The molecule has 11 heteroatoms. The van der Waals surface area contributed by atoms with E-state index in [1.807, 2.05) is 6.07 Å². The van der Waals surface area contributed by atoms with E-state index in [2.05, 4.69) is 10.6 Å². The number of rotatable bonds is 10. The molecular formula is C28H35N5O6. The summed E-state index contributed by atoms with van der Waals surface area (Å²) in [5.74, 6) is -2.48. The number of benzene rings is 2. The minimum atomic E-state index is -1.46. The van der Waals surface area contributed by atoms with Gasteiger partial charge in [0.2, 0.25) is 11.8 Å². The Morgan fingerprint density at radius 1 is 1.08 bits per heavy atom. The molecule has 0 aliphatic heterocycles. The first-order valence-corrected chi connectivity index (χ1v) is 12.4. The summed E-state index contributed by atoms with van der Waals surface area (Å²) in [5.41, 5.74) is 6.16. The van der Waals surface area contributed by atoms with Gasteiger partial charge < -0.3 is 31.1 Å². The Morgan fingerprint density at radius 2 is 1.72 bits per heavy atom. The van der Waals surface area contributed by atoms with E-state index >= 15 is 0 Å². The van der Waals surface area contributed by atoms with Gasteiger partial charge in [0.15, 0.2) is 0 Å². The maximum Gasteiger partial charge on any atom is 0.408 e. The van der Waals surface area contributed by atoms with Gasteiger partial charge in [0.05, 0.1) is 6.07 Å². The average molecular weight is 538 g/mol. The van der Waals surface area contributed by atoms with Crippen molar-refractivity contribution in [2.45, 2.75) is 65.1 Å². The molecule has 2 unspecified atom stereocenters. The molecule has 2 aromatic carbocycles. The number of hydrogen-bond acceptors (Lipinski definition) is 7. The van der Waals surface area contributed by atoms with E-state index in [1.165, 1.54) is 6.07 Å². The number of para-hydroxylation sites is 2. The molecule has 39 heavy (non-hydrogen) atoms. The molecule has 2 atom stereocenters. The van der Waals surface area contributed by atoms with Crippen LogP contribution in [0.2, 0.25) is 0 Å². The van der Waals surface area contributed by atoms with E-state index in [1.54, 1.807) is 71.0 Å². The number of carbonyl (C=O) groups is 4. The van der Waals surface area contributed by atoms with Gasteiger partial charge in [-0.3, -0.25) is 14.4 Å². The molecular weight excluding hydrogens is 502 g/mol. The SMILES string of the molecule is Cc1ccccc1NC(=O)C(c1cccc(C)c1O)N(CC#N)C(=O)C(CCC(N)=O)NC(=O)OC(C)(C)C. The van der Waals surface area contributed by atoms with Crippen LogP contribution in [0.25, 0.3) is 0 Å². The Kier molecular flexibility index (Phi) is 10.4. The molecule has 0 aromatic heterocycles. The third kappa shape index (κ3) is 8.74. The Hall–Kier alpha value is -4.59. The van der Waals surface area contributed by atoms with Crippen LogP contribution in [-0.2, 0) is 19.1 Å². The predicted octanol–water partition coefficient (Wildman–Crippen LogP) is 3.20. The summed E-state index contributed by atoms with van der Waals surface area (Å²) >= 11 is 0. The van der Waals surface area contributed by atoms with Crippen molar-refractivity contribution >= 4 is 29.5 Å². The van der Waals surface area contributed by atoms with Crippen LogP contribution < -0.4 is 16.4 Å². The van der Waals surface area contributed by atoms with Gasteiger partial charge in [-0.1, -0.05) is 36.4 Å². The van der Waals surface area contributed by atoms with Crippen LogP contribution in [0.15, 0.2) is 42.5 Å². The highest BCUT2D eigenvalue weighted by molar-refractivity contribution is 6.00. The molecule has 5 N–H and O–H groups in total. The number of nitrogens with zero attached hydrogens (tertiary/aromatic N) is 2. The maximum absolute atomic E-state index is 13.9. The number of primary amides is 1. The minimum Gasteiger partial charge on any atom is -0.507 e. The first-order valence-electron chi connectivity index (χ1n) is 12.4. The lowest BCUT2D eigenvalue weighted by Gasteiger charge is -2.33. The Bertz CT molecular complexity index is 1260. The van der Waals surface area contributed by atoms with Crippen LogP contribution in [0.5, 0.6) is 5.75 Å². The molecule has 0 saturated heterocycles. The molecule has 11 nitrogen and oxygen atoms in total. The largest absolute Gasteiger partial charge is 0.507 e.